The quantitative estimate of drug-likeness (QED) is 0.516. The van der Waals surface area contributed by atoms with Crippen LogP contribution in [0.4, 0.5) is 0 Å². The van der Waals surface area contributed by atoms with Gasteiger partial charge in [0.05, 0.1) is 5.02 Å². The first-order valence-electron chi connectivity index (χ1n) is 5.28. The topological polar surface area (TPSA) is 13.1 Å². The Balaban J connectivity index is 2.19. The average molecular weight is 342 g/mol. The SMILES string of the molecule is Clc1ccc(-c2cc3cc(Br)ccc3o2)c(Cl)c1. The van der Waals surface area contributed by atoms with Crippen LogP contribution in [0.5, 0.6) is 0 Å². The zero-order valence-electron chi connectivity index (χ0n) is 9.08. The van der Waals surface area contributed by atoms with Gasteiger partial charge in [-0.05, 0) is 42.5 Å². The van der Waals surface area contributed by atoms with Crippen molar-refractivity contribution in [2.24, 2.45) is 0 Å². The number of hydrogen-bond acceptors (Lipinski definition) is 1. The average Bonchev–Trinajstić information content (AvgIpc) is 2.71. The van der Waals surface area contributed by atoms with Crippen molar-refractivity contribution in [1.29, 1.82) is 0 Å². The van der Waals surface area contributed by atoms with Gasteiger partial charge in [-0.2, -0.15) is 0 Å². The molecule has 0 radical (unpaired) electrons. The lowest BCUT2D eigenvalue weighted by molar-refractivity contribution is 0.631. The van der Waals surface area contributed by atoms with Gasteiger partial charge >= 0.3 is 0 Å². The Kier molecular flexibility index (Phi) is 3.10. The summed E-state index contributed by atoms with van der Waals surface area (Å²) in [6.07, 6.45) is 0. The van der Waals surface area contributed by atoms with Gasteiger partial charge in [0, 0.05) is 20.4 Å². The van der Waals surface area contributed by atoms with E-state index in [0.717, 1.165) is 26.8 Å². The van der Waals surface area contributed by atoms with E-state index in [1.807, 2.05) is 30.3 Å². The molecule has 3 rings (SSSR count). The largest absolute Gasteiger partial charge is 0.456 e. The molecule has 4 heteroatoms. The Labute approximate surface area is 122 Å². The predicted octanol–water partition coefficient (Wildman–Crippen LogP) is 6.17. The third-order valence-corrected chi connectivity index (χ3v) is 3.72. The van der Waals surface area contributed by atoms with Gasteiger partial charge in [0.1, 0.15) is 11.3 Å². The summed E-state index contributed by atoms with van der Waals surface area (Å²) >= 11 is 15.5. The highest BCUT2D eigenvalue weighted by molar-refractivity contribution is 9.10. The van der Waals surface area contributed by atoms with Crippen molar-refractivity contribution in [3.05, 3.63) is 57.0 Å². The van der Waals surface area contributed by atoms with Crippen molar-refractivity contribution in [3.8, 4) is 11.3 Å². The summed E-state index contributed by atoms with van der Waals surface area (Å²) in [5.41, 5.74) is 1.67. The number of benzene rings is 2. The van der Waals surface area contributed by atoms with Crippen LogP contribution < -0.4 is 0 Å². The summed E-state index contributed by atoms with van der Waals surface area (Å²) < 4.78 is 6.80. The van der Waals surface area contributed by atoms with Gasteiger partial charge in [0.15, 0.2) is 0 Å². The second kappa shape index (κ2) is 4.61. The van der Waals surface area contributed by atoms with E-state index in [-0.39, 0.29) is 0 Å². The van der Waals surface area contributed by atoms with E-state index in [2.05, 4.69) is 15.9 Å². The molecule has 1 aromatic heterocycles. The molecule has 0 bridgehead atoms. The first-order chi connectivity index (χ1) is 8.63. The second-order valence-electron chi connectivity index (χ2n) is 3.92. The molecule has 0 aliphatic rings. The molecule has 2 aromatic carbocycles. The molecule has 18 heavy (non-hydrogen) atoms. The monoisotopic (exact) mass is 340 g/mol. The fraction of sp³-hybridized carbons (Fsp3) is 0. The molecule has 0 aliphatic carbocycles. The van der Waals surface area contributed by atoms with Crippen LogP contribution in [0.1, 0.15) is 0 Å². The van der Waals surface area contributed by atoms with Gasteiger partial charge in [0.25, 0.3) is 0 Å². The second-order valence-corrected chi connectivity index (χ2v) is 5.68. The molecule has 90 valence electrons. The minimum Gasteiger partial charge on any atom is -0.456 e. The van der Waals surface area contributed by atoms with E-state index in [1.54, 1.807) is 12.1 Å². The van der Waals surface area contributed by atoms with Crippen LogP contribution in [0.15, 0.2) is 51.4 Å². The Morgan fingerprint density at radius 2 is 1.78 bits per heavy atom. The molecule has 0 atom stereocenters. The van der Waals surface area contributed by atoms with E-state index in [4.69, 9.17) is 27.6 Å². The summed E-state index contributed by atoms with van der Waals surface area (Å²) in [4.78, 5) is 0. The molecule has 0 amide bonds. The van der Waals surface area contributed by atoms with Crippen LogP contribution in [-0.2, 0) is 0 Å². The third-order valence-electron chi connectivity index (χ3n) is 2.67. The van der Waals surface area contributed by atoms with E-state index < -0.39 is 0 Å². The number of furan rings is 1. The fourth-order valence-electron chi connectivity index (χ4n) is 1.84. The number of fused-ring (bicyclic) bond motifs is 1. The first-order valence-corrected chi connectivity index (χ1v) is 6.83. The van der Waals surface area contributed by atoms with Crippen LogP contribution in [-0.4, -0.2) is 0 Å². The standard InChI is InChI=1S/C14H7BrCl2O/c15-9-1-4-13-8(5-9)6-14(18-13)11-3-2-10(16)7-12(11)17/h1-7H. The zero-order valence-corrected chi connectivity index (χ0v) is 12.2. The molecule has 0 unspecified atom stereocenters. The maximum absolute atomic E-state index is 6.17. The lowest BCUT2D eigenvalue weighted by Crippen LogP contribution is -1.75. The number of hydrogen-bond donors (Lipinski definition) is 0. The zero-order chi connectivity index (χ0) is 12.7. The van der Waals surface area contributed by atoms with Gasteiger partial charge in [0.2, 0.25) is 0 Å². The molecular formula is C14H7BrCl2O. The fourth-order valence-corrected chi connectivity index (χ4v) is 2.72. The predicted molar refractivity (Wildman–Crippen MR) is 79.4 cm³/mol. The Morgan fingerprint density at radius 1 is 0.944 bits per heavy atom. The molecule has 0 fully saturated rings. The van der Waals surface area contributed by atoms with Gasteiger partial charge in [-0.25, -0.2) is 0 Å². The third kappa shape index (κ3) is 2.16. The van der Waals surface area contributed by atoms with E-state index in [0.29, 0.717) is 10.0 Å². The lowest BCUT2D eigenvalue weighted by atomic mass is 10.1. The van der Waals surface area contributed by atoms with Crippen LogP contribution in [0.2, 0.25) is 10.0 Å². The molecule has 1 heterocycles. The van der Waals surface area contributed by atoms with Crippen LogP contribution in [0.3, 0.4) is 0 Å². The minimum absolute atomic E-state index is 0.584. The maximum atomic E-state index is 6.17. The molecule has 0 spiro atoms. The van der Waals surface area contributed by atoms with Crippen molar-refractivity contribution >= 4 is 50.1 Å². The maximum Gasteiger partial charge on any atom is 0.136 e. The Bertz CT molecular complexity index is 734. The number of halogens is 3. The van der Waals surface area contributed by atoms with Gasteiger partial charge < -0.3 is 4.42 Å². The van der Waals surface area contributed by atoms with Crippen LogP contribution in [0, 0.1) is 0 Å². The van der Waals surface area contributed by atoms with E-state index >= 15 is 0 Å². The van der Waals surface area contributed by atoms with E-state index in [1.165, 1.54) is 0 Å². The van der Waals surface area contributed by atoms with Crippen molar-refractivity contribution in [1.82, 2.24) is 0 Å². The van der Waals surface area contributed by atoms with Crippen molar-refractivity contribution in [3.63, 3.8) is 0 Å². The summed E-state index contributed by atoms with van der Waals surface area (Å²) in [7, 11) is 0. The van der Waals surface area contributed by atoms with Gasteiger partial charge in [-0.1, -0.05) is 39.1 Å². The molecule has 0 saturated carbocycles. The molecule has 0 saturated heterocycles. The van der Waals surface area contributed by atoms with Crippen molar-refractivity contribution in [2.45, 2.75) is 0 Å². The van der Waals surface area contributed by atoms with Gasteiger partial charge in [-0.3, -0.25) is 0 Å². The Hall–Kier alpha value is -0.960. The summed E-state index contributed by atoms with van der Waals surface area (Å²) in [5.74, 6) is 0.741. The van der Waals surface area contributed by atoms with Crippen molar-refractivity contribution < 1.29 is 4.42 Å². The lowest BCUT2D eigenvalue weighted by Gasteiger charge is -2.00. The smallest absolute Gasteiger partial charge is 0.136 e. The highest BCUT2D eigenvalue weighted by Gasteiger charge is 2.10. The van der Waals surface area contributed by atoms with E-state index in [9.17, 15) is 0 Å². The number of rotatable bonds is 1. The molecule has 0 aliphatic heterocycles. The highest BCUT2D eigenvalue weighted by atomic mass is 79.9. The van der Waals surface area contributed by atoms with Crippen LogP contribution in [0.25, 0.3) is 22.3 Å². The Morgan fingerprint density at radius 3 is 2.56 bits per heavy atom. The molecule has 3 aromatic rings. The summed E-state index contributed by atoms with van der Waals surface area (Å²) in [6.45, 7) is 0. The summed E-state index contributed by atoms with van der Waals surface area (Å²) in [6, 6.07) is 13.2. The molecule has 0 N–H and O–H groups in total. The highest BCUT2D eigenvalue weighted by Crippen LogP contribution is 2.34. The normalized spacial score (nSPS) is 11.1. The summed E-state index contributed by atoms with van der Waals surface area (Å²) in [5, 5.41) is 2.23. The van der Waals surface area contributed by atoms with Crippen molar-refractivity contribution in [2.75, 3.05) is 0 Å². The minimum atomic E-state index is 0.584. The van der Waals surface area contributed by atoms with Gasteiger partial charge in [-0.15, -0.1) is 0 Å². The molecule has 1 nitrogen and oxygen atoms in total. The molecular weight excluding hydrogens is 335 g/mol. The first kappa shape index (κ1) is 12.1. The van der Waals surface area contributed by atoms with Crippen LogP contribution >= 0.6 is 39.1 Å².